The van der Waals surface area contributed by atoms with Crippen LogP contribution in [0.5, 0.6) is 11.5 Å². The Morgan fingerprint density at radius 1 is 1.11 bits per heavy atom. The number of hydrogen-bond donors (Lipinski definition) is 1. The van der Waals surface area contributed by atoms with E-state index in [2.05, 4.69) is 21.2 Å². The van der Waals surface area contributed by atoms with E-state index in [9.17, 15) is 9.59 Å². The number of alkyl halides is 1. The second kappa shape index (κ2) is 4.85. The lowest BCUT2D eigenvalue weighted by Crippen LogP contribution is -2.22. The quantitative estimate of drug-likeness (QED) is 0.625. The molecule has 0 aliphatic carbocycles. The zero-order valence-electron chi connectivity index (χ0n) is 10.0. The number of carbonyl (C=O) groups excluding carboxylic acids is 2. The van der Waals surface area contributed by atoms with Crippen molar-refractivity contribution in [3.05, 3.63) is 23.8 Å². The maximum Gasteiger partial charge on any atom is 0.241 e. The van der Waals surface area contributed by atoms with Gasteiger partial charge < -0.3 is 9.47 Å². The Morgan fingerprint density at radius 2 is 1.84 bits per heavy atom. The van der Waals surface area contributed by atoms with Crippen LogP contribution in [0.4, 0.5) is 0 Å². The van der Waals surface area contributed by atoms with E-state index in [0.29, 0.717) is 24.7 Å². The van der Waals surface area contributed by atoms with Gasteiger partial charge in [0.15, 0.2) is 11.5 Å². The maximum absolute atomic E-state index is 11.8. The lowest BCUT2D eigenvalue weighted by atomic mass is 9.97. The summed E-state index contributed by atoms with van der Waals surface area (Å²) in [5.41, 5.74) is 0.745. The molecule has 2 unspecified atom stereocenters. The van der Waals surface area contributed by atoms with Crippen LogP contribution in [0, 0.1) is 0 Å². The highest BCUT2D eigenvalue weighted by atomic mass is 79.9. The molecule has 1 aromatic rings. The lowest BCUT2D eigenvalue weighted by Gasteiger charge is -2.13. The van der Waals surface area contributed by atoms with E-state index in [4.69, 9.17) is 9.47 Å². The molecule has 5 nitrogen and oxygen atoms in total. The number of fused-ring (bicyclic) bond motifs is 1. The van der Waals surface area contributed by atoms with E-state index in [1.54, 1.807) is 18.2 Å². The topological polar surface area (TPSA) is 64.6 Å². The minimum atomic E-state index is -0.537. The molecule has 1 aromatic carbocycles. The SMILES string of the molecule is O=C1NC(=O)C(c2ccc3c(c2)OCCCO3)C1Br. The largest absolute Gasteiger partial charge is 0.490 e. The second-order valence-electron chi connectivity index (χ2n) is 4.49. The molecule has 1 fully saturated rings. The smallest absolute Gasteiger partial charge is 0.241 e. The number of hydrogen-bond acceptors (Lipinski definition) is 4. The average molecular weight is 326 g/mol. The molecule has 2 atom stereocenters. The summed E-state index contributed by atoms with van der Waals surface area (Å²) in [7, 11) is 0. The van der Waals surface area contributed by atoms with Gasteiger partial charge in [-0.15, -0.1) is 0 Å². The number of carbonyl (C=O) groups is 2. The van der Waals surface area contributed by atoms with Gasteiger partial charge in [-0.3, -0.25) is 14.9 Å². The summed E-state index contributed by atoms with van der Waals surface area (Å²) in [6.07, 6.45) is 0.827. The molecule has 0 spiro atoms. The van der Waals surface area contributed by atoms with Gasteiger partial charge in [-0.25, -0.2) is 0 Å². The van der Waals surface area contributed by atoms with Crippen LogP contribution in [0.25, 0.3) is 0 Å². The predicted octanol–water partition coefficient (Wildman–Crippen LogP) is 1.35. The number of halogens is 1. The Balaban J connectivity index is 1.96. The van der Waals surface area contributed by atoms with E-state index in [0.717, 1.165) is 12.0 Å². The fourth-order valence-electron chi connectivity index (χ4n) is 2.25. The Kier molecular flexibility index (Phi) is 3.18. The van der Waals surface area contributed by atoms with Crippen molar-refractivity contribution in [2.75, 3.05) is 13.2 Å². The molecule has 1 saturated heterocycles. The fraction of sp³-hybridized carbons (Fsp3) is 0.385. The summed E-state index contributed by atoms with van der Waals surface area (Å²) < 4.78 is 11.1. The van der Waals surface area contributed by atoms with Crippen molar-refractivity contribution in [1.29, 1.82) is 0 Å². The number of amides is 2. The van der Waals surface area contributed by atoms with Gasteiger partial charge in [0.2, 0.25) is 11.8 Å². The van der Waals surface area contributed by atoms with Crippen LogP contribution in [-0.2, 0) is 9.59 Å². The molecule has 2 amide bonds. The Labute approximate surface area is 118 Å². The number of nitrogens with one attached hydrogen (secondary N) is 1. The molecule has 6 heteroatoms. The Hall–Kier alpha value is -1.56. The molecule has 0 radical (unpaired) electrons. The highest BCUT2D eigenvalue weighted by Gasteiger charge is 2.41. The van der Waals surface area contributed by atoms with Gasteiger partial charge in [0.1, 0.15) is 4.83 Å². The molecule has 19 heavy (non-hydrogen) atoms. The summed E-state index contributed by atoms with van der Waals surface area (Å²) in [5, 5.41) is 2.31. The van der Waals surface area contributed by atoms with Crippen LogP contribution in [-0.4, -0.2) is 29.9 Å². The zero-order valence-corrected chi connectivity index (χ0v) is 11.6. The minimum Gasteiger partial charge on any atom is -0.490 e. The minimum absolute atomic E-state index is 0.290. The molecule has 1 N–H and O–H groups in total. The van der Waals surface area contributed by atoms with Crippen molar-refractivity contribution in [1.82, 2.24) is 5.32 Å². The third-order valence-electron chi connectivity index (χ3n) is 3.20. The first-order valence-corrected chi connectivity index (χ1v) is 6.97. The van der Waals surface area contributed by atoms with Gasteiger partial charge in [0.25, 0.3) is 0 Å². The van der Waals surface area contributed by atoms with Crippen LogP contribution >= 0.6 is 15.9 Å². The van der Waals surface area contributed by atoms with Crippen LogP contribution in [0.2, 0.25) is 0 Å². The van der Waals surface area contributed by atoms with Gasteiger partial charge in [-0.05, 0) is 17.7 Å². The van der Waals surface area contributed by atoms with Crippen molar-refractivity contribution in [2.45, 2.75) is 17.2 Å². The normalized spacial score (nSPS) is 25.9. The van der Waals surface area contributed by atoms with Gasteiger partial charge in [0.05, 0.1) is 19.1 Å². The highest BCUT2D eigenvalue weighted by molar-refractivity contribution is 9.10. The number of ether oxygens (including phenoxy) is 2. The third-order valence-corrected chi connectivity index (χ3v) is 4.15. The van der Waals surface area contributed by atoms with Gasteiger partial charge in [-0.1, -0.05) is 22.0 Å². The molecule has 2 aliphatic heterocycles. The van der Waals surface area contributed by atoms with Crippen molar-refractivity contribution in [2.24, 2.45) is 0 Å². The summed E-state index contributed by atoms with van der Waals surface area (Å²) in [6.45, 7) is 1.21. The van der Waals surface area contributed by atoms with Crippen molar-refractivity contribution in [3.8, 4) is 11.5 Å². The van der Waals surface area contributed by atoms with E-state index < -0.39 is 10.7 Å². The highest BCUT2D eigenvalue weighted by Crippen LogP contribution is 2.36. The third kappa shape index (κ3) is 2.20. The van der Waals surface area contributed by atoms with Crippen molar-refractivity contribution in [3.63, 3.8) is 0 Å². The molecule has 2 heterocycles. The summed E-state index contributed by atoms with van der Waals surface area (Å²) >= 11 is 3.25. The summed E-state index contributed by atoms with van der Waals surface area (Å²) in [5.74, 6) is 0.187. The van der Waals surface area contributed by atoms with Crippen molar-refractivity contribution >= 4 is 27.7 Å². The van der Waals surface area contributed by atoms with E-state index in [1.165, 1.54) is 0 Å². The summed E-state index contributed by atoms with van der Waals surface area (Å²) in [4.78, 5) is 22.7. The lowest BCUT2D eigenvalue weighted by molar-refractivity contribution is -0.125. The van der Waals surface area contributed by atoms with Crippen LogP contribution in [0.1, 0.15) is 17.9 Å². The first-order chi connectivity index (χ1) is 9.16. The molecule has 0 saturated carbocycles. The summed E-state index contributed by atoms with van der Waals surface area (Å²) in [6, 6.07) is 5.36. The molecule has 2 aliphatic rings. The monoisotopic (exact) mass is 325 g/mol. The number of rotatable bonds is 1. The molecular formula is C13H12BrNO4. The van der Waals surface area contributed by atoms with Gasteiger partial charge in [0, 0.05) is 6.42 Å². The van der Waals surface area contributed by atoms with Gasteiger partial charge >= 0.3 is 0 Å². The van der Waals surface area contributed by atoms with E-state index >= 15 is 0 Å². The first-order valence-electron chi connectivity index (χ1n) is 6.05. The average Bonchev–Trinajstić information content (AvgIpc) is 2.59. The second-order valence-corrected chi connectivity index (χ2v) is 5.48. The van der Waals surface area contributed by atoms with E-state index in [1.807, 2.05) is 0 Å². The molecule has 0 aromatic heterocycles. The maximum atomic E-state index is 11.8. The number of benzene rings is 1. The van der Waals surface area contributed by atoms with Crippen LogP contribution in [0.3, 0.4) is 0 Å². The molecule has 100 valence electrons. The van der Waals surface area contributed by atoms with Crippen molar-refractivity contribution < 1.29 is 19.1 Å². The Morgan fingerprint density at radius 3 is 2.53 bits per heavy atom. The predicted molar refractivity (Wildman–Crippen MR) is 70.7 cm³/mol. The van der Waals surface area contributed by atoms with Crippen LogP contribution < -0.4 is 14.8 Å². The Bertz CT molecular complexity index is 545. The van der Waals surface area contributed by atoms with E-state index in [-0.39, 0.29) is 11.8 Å². The standard InChI is InChI=1S/C13H12BrNO4/c14-11-10(12(16)15-13(11)17)7-2-3-8-9(6-7)19-5-1-4-18-8/h2-3,6,10-11H,1,4-5H2,(H,15,16,17). The molecule has 3 rings (SSSR count). The fourth-order valence-corrected chi connectivity index (χ4v) is 2.91. The first kappa shape index (κ1) is 12.5. The zero-order chi connectivity index (χ0) is 13.4. The molecule has 0 bridgehead atoms. The van der Waals surface area contributed by atoms with Crippen LogP contribution in [0.15, 0.2) is 18.2 Å². The number of imide groups is 1. The van der Waals surface area contributed by atoms with Gasteiger partial charge in [-0.2, -0.15) is 0 Å². The molecular weight excluding hydrogens is 314 g/mol.